The van der Waals surface area contributed by atoms with Gasteiger partial charge in [0.2, 0.25) is 0 Å². The van der Waals surface area contributed by atoms with E-state index in [1.54, 1.807) is 9.80 Å². The number of rotatable bonds is 5. The Morgan fingerprint density at radius 1 is 1.44 bits per heavy atom. The molecule has 6 nitrogen and oxygen atoms in total. The van der Waals surface area contributed by atoms with Crippen LogP contribution in [0.5, 0.6) is 0 Å². The predicted octanol–water partition coefficient (Wildman–Crippen LogP) is 0.606. The molecule has 2 N–H and O–H groups in total. The van der Waals surface area contributed by atoms with Crippen LogP contribution >= 0.6 is 0 Å². The van der Waals surface area contributed by atoms with Crippen molar-refractivity contribution in [1.29, 1.82) is 0 Å². The lowest BCUT2D eigenvalue weighted by molar-refractivity contribution is -0.137. The topological polar surface area (TPSA) is 81.1 Å². The molecule has 1 unspecified atom stereocenters. The Morgan fingerprint density at radius 2 is 2.11 bits per heavy atom. The zero-order valence-electron chi connectivity index (χ0n) is 11.0. The first-order chi connectivity index (χ1) is 8.45. The zero-order chi connectivity index (χ0) is 13.7. The molecule has 104 valence electrons. The number of hydrogen-bond acceptors (Lipinski definition) is 3. The van der Waals surface area contributed by atoms with Gasteiger partial charge in [0, 0.05) is 38.2 Å². The largest absolute Gasteiger partial charge is 0.481 e. The molecule has 1 heterocycles. The van der Waals surface area contributed by atoms with Crippen molar-refractivity contribution >= 4 is 12.0 Å². The Bertz CT molecular complexity index is 306. The lowest BCUT2D eigenvalue weighted by Gasteiger charge is -2.31. The third-order valence-electron chi connectivity index (χ3n) is 3.25. The first-order valence-corrected chi connectivity index (χ1v) is 6.34. The van der Waals surface area contributed by atoms with Crippen LogP contribution in [0.3, 0.4) is 0 Å². The summed E-state index contributed by atoms with van der Waals surface area (Å²) in [5.74, 6) is -0.745. The standard InChI is InChI=1S/C12H22N2O4/c1-9(2)14(6-4-11(16)17)12(18)13-5-3-10(7-13)8-15/h9-10,15H,3-8H2,1-2H3,(H,16,17). The normalized spacial score (nSPS) is 19.3. The van der Waals surface area contributed by atoms with E-state index in [0.29, 0.717) is 13.1 Å². The van der Waals surface area contributed by atoms with E-state index < -0.39 is 5.97 Å². The summed E-state index contributed by atoms with van der Waals surface area (Å²) < 4.78 is 0. The number of amides is 2. The number of likely N-dealkylation sites (tertiary alicyclic amines) is 1. The van der Waals surface area contributed by atoms with Gasteiger partial charge in [0.25, 0.3) is 0 Å². The number of carbonyl (C=O) groups excluding carboxylic acids is 1. The number of urea groups is 1. The summed E-state index contributed by atoms with van der Waals surface area (Å²) in [5.41, 5.74) is 0. The Labute approximate surface area is 107 Å². The number of aliphatic hydroxyl groups excluding tert-OH is 1. The van der Waals surface area contributed by atoms with Crippen molar-refractivity contribution in [2.45, 2.75) is 32.7 Å². The molecule has 1 atom stereocenters. The number of carbonyl (C=O) groups is 2. The first-order valence-electron chi connectivity index (χ1n) is 6.34. The van der Waals surface area contributed by atoms with Gasteiger partial charge in [-0.15, -0.1) is 0 Å². The molecule has 1 saturated heterocycles. The SMILES string of the molecule is CC(C)N(CCC(=O)O)C(=O)N1CCC(CO)C1. The number of aliphatic carboxylic acids is 1. The number of carboxylic acid groups (broad SMARTS) is 1. The van der Waals surface area contributed by atoms with Crippen molar-refractivity contribution in [2.24, 2.45) is 5.92 Å². The molecule has 1 aliphatic heterocycles. The third-order valence-corrected chi connectivity index (χ3v) is 3.25. The van der Waals surface area contributed by atoms with Crippen LogP contribution in [0.4, 0.5) is 4.79 Å². The van der Waals surface area contributed by atoms with Gasteiger partial charge in [0.1, 0.15) is 0 Å². The molecular weight excluding hydrogens is 236 g/mol. The number of aliphatic hydroxyl groups is 1. The van der Waals surface area contributed by atoms with E-state index >= 15 is 0 Å². The van der Waals surface area contributed by atoms with Crippen LogP contribution in [0.25, 0.3) is 0 Å². The second-order valence-electron chi connectivity index (χ2n) is 5.00. The molecule has 2 amide bonds. The van der Waals surface area contributed by atoms with Gasteiger partial charge in [0.05, 0.1) is 6.42 Å². The molecule has 0 aromatic heterocycles. The molecule has 0 radical (unpaired) electrons. The second-order valence-corrected chi connectivity index (χ2v) is 5.00. The van der Waals surface area contributed by atoms with Crippen LogP contribution in [-0.2, 0) is 4.79 Å². The first kappa shape index (κ1) is 14.8. The minimum absolute atomic E-state index is 0.0231. The summed E-state index contributed by atoms with van der Waals surface area (Å²) in [5, 5.41) is 17.7. The quantitative estimate of drug-likeness (QED) is 0.757. The second kappa shape index (κ2) is 6.58. The molecule has 6 heteroatoms. The highest BCUT2D eigenvalue weighted by Gasteiger charge is 2.30. The van der Waals surface area contributed by atoms with Crippen LogP contribution in [0.1, 0.15) is 26.7 Å². The number of hydrogen-bond donors (Lipinski definition) is 2. The Balaban J connectivity index is 2.57. The van der Waals surface area contributed by atoms with E-state index in [2.05, 4.69) is 0 Å². The van der Waals surface area contributed by atoms with Crippen molar-refractivity contribution in [3.05, 3.63) is 0 Å². The highest BCUT2D eigenvalue weighted by molar-refractivity contribution is 5.76. The molecule has 1 aliphatic rings. The molecule has 1 fully saturated rings. The minimum Gasteiger partial charge on any atom is -0.481 e. The monoisotopic (exact) mass is 258 g/mol. The van der Waals surface area contributed by atoms with Gasteiger partial charge in [-0.25, -0.2) is 4.79 Å². The summed E-state index contributed by atoms with van der Waals surface area (Å²) in [4.78, 5) is 26.1. The van der Waals surface area contributed by atoms with Gasteiger partial charge in [-0.1, -0.05) is 0 Å². The van der Waals surface area contributed by atoms with Crippen LogP contribution in [0.2, 0.25) is 0 Å². The fourth-order valence-corrected chi connectivity index (χ4v) is 2.13. The van der Waals surface area contributed by atoms with Gasteiger partial charge in [-0.05, 0) is 20.3 Å². The van der Waals surface area contributed by atoms with E-state index in [0.717, 1.165) is 6.42 Å². The van der Waals surface area contributed by atoms with Gasteiger partial charge in [0.15, 0.2) is 0 Å². The molecule has 18 heavy (non-hydrogen) atoms. The number of carboxylic acids is 1. The highest BCUT2D eigenvalue weighted by Crippen LogP contribution is 2.18. The Morgan fingerprint density at radius 3 is 2.56 bits per heavy atom. The summed E-state index contributed by atoms with van der Waals surface area (Å²) in [7, 11) is 0. The molecule has 1 rings (SSSR count). The van der Waals surface area contributed by atoms with Gasteiger partial charge < -0.3 is 20.0 Å². The zero-order valence-corrected chi connectivity index (χ0v) is 11.0. The van der Waals surface area contributed by atoms with Crippen LogP contribution in [0, 0.1) is 5.92 Å². The van der Waals surface area contributed by atoms with Crippen molar-refractivity contribution in [3.8, 4) is 0 Å². The molecule has 0 spiro atoms. The molecule has 0 bridgehead atoms. The lowest BCUT2D eigenvalue weighted by Crippen LogP contribution is -2.46. The molecule has 0 aromatic rings. The molecule has 0 aromatic carbocycles. The van der Waals surface area contributed by atoms with Crippen molar-refractivity contribution in [1.82, 2.24) is 9.80 Å². The summed E-state index contributed by atoms with van der Waals surface area (Å²) >= 11 is 0. The summed E-state index contributed by atoms with van der Waals surface area (Å²) in [6.45, 7) is 5.28. The van der Waals surface area contributed by atoms with Crippen molar-refractivity contribution in [3.63, 3.8) is 0 Å². The van der Waals surface area contributed by atoms with Crippen molar-refractivity contribution < 1.29 is 19.8 Å². The average molecular weight is 258 g/mol. The fourth-order valence-electron chi connectivity index (χ4n) is 2.13. The predicted molar refractivity (Wildman–Crippen MR) is 66.3 cm³/mol. The van der Waals surface area contributed by atoms with Crippen molar-refractivity contribution in [2.75, 3.05) is 26.2 Å². The van der Waals surface area contributed by atoms with E-state index in [-0.39, 0.29) is 37.6 Å². The van der Waals surface area contributed by atoms with E-state index in [1.807, 2.05) is 13.8 Å². The molecule has 0 aliphatic carbocycles. The summed E-state index contributed by atoms with van der Waals surface area (Å²) in [6.07, 6.45) is 0.772. The summed E-state index contributed by atoms with van der Waals surface area (Å²) in [6, 6.07) is -0.146. The maximum Gasteiger partial charge on any atom is 0.320 e. The Kier molecular flexibility index (Phi) is 5.40. The molecular formula is C12H22N2O4. The minimum atomic E-state index is -0.900. The maximum atomic E-state index is 12.2. The lowest BCUT2D eigenvalue weighted by atomic mass is 10.1. The van der Waals surface area contributed by atoms with E-state index in [4.69, 9.17) is 10.2 Å². The maximum absolute atomic E-state index is 12.2. The van der Waals surface area contributed by atoms with E-state index in [9.17, 15) is 9.59 Å². The average Bonchev–Trinajstić information content (AvgIpc) is 2.76. The van der Waals surface area contributed by atoms with Gasteiger partial charge >= 0.3 is 12.0 Å². The van der Waals surface area contributed by atoms with Gasteiger partial charge in [-0.2, -0.15) is 0 Å². The Hall–Kier alpha value is -1.30. The highest BCUT2D eigenvalue weighted by atomic mass is 16.4. The smallest absolute Gasteiger partial charge is 0.320 e. The third kappa shape index (κ3) is 3.87. The number of nitrogens with zero attached hydrogens (tertiary/aromatic N) is 2. The van der Waals surface area contributed by atoms with Crippen LogP contribution in [-0.4, -0.2) is 64.3 Å². The molecule has 0 saturated carbocycles. The van der Waals surface area contributed by atoms with Gasteiger partial charge in [-0.3, -0.25) is 4.79 Å². The van der Waals surface area contributed by atoms with Crippen LogP contribution < -0.4 is 0 Å². The van der Waals surface area contributed by atoms with Crippen LogP contribution in [0.15, 0.2) is 0 Å². The van der Waals surface area contributed by atoms with E-state index in [1.165, 1.54) is 0 Å². The fraction of sp³-hybridized carbons (Fsp3) is 0.833.